The van der Waals surface area contributed by atoms with Crippen molar-refractivity contribution in [3.05, 3.63) is 46.7 Å². The van der Waals surface area contributed by atoms with E-state index in [9.17, 15) is 14.4 Å². The van der Waals surface area contributed by atoms with Gasteiger partial charge in [-0.25, -0.2) is 14.2 Å². The zero-order chi connectivity index (χ0) is 16.6. The third kappa shape index (κ3) is 2.49. The van der Waals surface area contributed by atoms with E-state index in [0.29, 0.717) is 16.0 Å². The Balaban J connectivity index is 2.27. The molecule has 0 aliphatic carbocycles. The van der Waals surface area contributed by atoms with Crippen LogP contribution in [0.5, 0.6) is 5.75 Å². The largest absolute Gasteiger partial charge is 0.494 e. The van der Waals surface area contributed by atoms with E-state index in [-0.39, 0.29) is 21.6 Å². The maximum absolute atomic E-state index is 14.5. The van der Waals surface area contributed by atoms with Gasteiger partial charge in [0.25, 0.3) is 0 Å². The lowest BCUT2D eigenvalue weighted by Crippen LogP contribution is -1.92. The molecule has 0 aliphatic heterocycles. The summed E-state index contributed by atoms with van der Waals surface area (Å²) in [7, 11) is 1.36. The molecule has 0 saturated heterocycles. The average molecular weight is 328 g/mol. The molecule has 0 atom stereocenters. The highest BCUT2D eigenvalue weighted by molar-refractivity contribution is 7.16. The number of thiazole rings is 1. The van der Waals surface area contributed by atoms with Crippen molar-refractivity contribution in [1.82, 2.24) is 4.98 Å². The van der Waals surface area contributed by atoms with Crippen LogP contribution >= 0.6 is 11.3 Å². The Morgan fingerprint density at radius 3 is 2.78 bits per heavy atom. The molecule has 0 fully saturated rings. The minimum atomic E-state index is -1.08. The smallest absolute Gasteiger partial charge is 0.347 e. The van der Waals surface area contributed by atoms with Crippen LogP contribution < -0.4 is 4.74 Å². The molecule has 0 radical (unpaired) electrons. The topological polar surface area (TPSA) is 83.2 Å². The van der Waals surface area contributed by atoms with Gasteiger partial charge in [0.15, 0.2) is 11.6 Å². The molecule has 3 rings (SSSR count). The lowest BCUT2D eigenvalue weighted by molar-refractivity contribution is 0.0702. The molecule has 0 aliphatic rings. The number of carboxylic acids is 1. The van der Waals surface area contributed by atoms with E-state index < -0.39 is 11.8 Å². The lowest BCUT2D eigenvalue weighted by atomic mass is 10.0. The van der Waals surface area contributed by atoms with Gasteiger partial charge in [0.05, 0.1) is 24.9 Å². The van der Waals surface area contributed by atoms with Crippen LogP contribution in [0.15, 0.2) is 30.5 Å². The Morgan fingerprint density at radius 1 is 1.39 bits per heavy atom. The molecule has 5 nitrogen and oxygen atoms in total. The van der Waals surface area contributed by atoms with Crippen LogP contribution in [0.4, 0.5) is 4.39 Å². The summed E-state index contributed by atoms with van der Waals surface area (Å²) in [6.45, 7) is 0. The molecule has 1 heterocycles. The summed E-state index contributed by atoms with van der Waals surface area (Å²) in [4.78, 5) is 15.1. The Bertz CT molecular complexity index is 975. The lowest BCUT2D eigenvalue weighted by Gasteiger charge is -2.08. The predicted molar refractivity (Wildman–Crippen MR) is 83.2 cm³/mol. The number of rotatable bonds is 3. The number of aromatic nitrogens is 1. The molecule has 0 bridgehead atoms. The molecule has 0 spiro atoms. The number of methoxy groups -OCH3 is 1. The summed E-state index contributed by atoms with van der Waals surface area (Å²) in [5.74, 6) is -1.58. The number of aromatic carboxylic acids is 1. The molecule has 3 aromatic rings. The van der Waals surface area contributed by atoms with Crippen LogP contribution in [0, 0.1) is 17.1 Å². The fourth-order valence-electron chi connectivity index (χ4n) is 2.26. The van der Waals surface area contributed by atoms with E-state index in [2.05, 4.69) is 4.98 Å². The van der Waals surface area contributed by atoms with Crippen LogP contribution in [0.25, 0.3) is 21.3 Å². The molecule has 1 aromatic heterocycles. The van der Waals surface area contributed by atoms with Crippen LogP contribution in [0.1, 0.15) is 15.2 Å². The normalized spacial score (nSPS) is 10.5. The zero-order valence-corrected chi connectivity index (χ0v) is 12.6. The van der Waals surface area contributed by atoms with Crippen LogP contribution in [-0.4, -0.2) is 23.2 Å². The van der Waals surface area contributed by atoms with Gasteiger partial charge in [-0.05, 0) is 24.3 Å². The second-order valence-corrected chi connectivity index (χ2v) is 5.68. The van der Waals surface area contributed by atoms with E-state index in [1.54, 1.807) is 18.2 Å². The molecule has 1 N–H and O–H groups in total. The van der Waals surface area contributed by atoms with Gasteiger partial charge in [-0.3, -0.25) is 0 Å². The molecular weight excluding hydrogens is 319 g/mol. The highest BCUT2D eigenvalue weighted by Crippen LogP contribution is 2.34. The molecule has 0 saturated carbocycles. The van der Waals surface area contributed by atoms with Crippen LogP contribution in [0.2, 0.25) is 0 Å². The number of nitriles is 1. The molecule has 0 amide bonds. The second kappa shape index (κ2) is 5.66. The van der Waals surface area contributed by atoms with Gasteiger partial charge >= 0.3 is 5.97 Å². The highest BCUT2D eigenvalue weighted by Gasteiger charge is 2.16. The summed E-state index contributed by atoms with van der Waals surface area (Å²) in [5, 5.41) is 19.4. The average Bonchev–Trinajstić information content (AvgIpc) is 3.05. The van der Waals surface area contributed by atoms with Gasteiger partial charge in [-0.1, -0.05) is 0 Å². The zero-order valence-electron chi connectivity index (χ0n) is 11.8. The Labute approximate surface area is 134 Å². The monoisotopic (exact) mass is 328 g/mol. The maximum Gasteiger partial charge on any atom is 0.347 e. The van der Waals surface area contributed by atoms with E-state index in [4.69, 9.17) is 9.84 Å². The van der Waals surface area contributed by atoms with Crippen molar-refractivity contribution in [1.29, 1.82) is 5.26 Å². The summed E-state index contributed by atoms with van der Waals surface area (Å²) in [5.41, 5.74) is 0.768. The number of hydrogen-bond donors (Lipinski definition) is 1. The Kier molecular flexibility index (Phi) is 3.68. The van der Waals surface area contributed by atoms with Crippen molar-refractivity contribution in [3.63, 3.8) is 0 Å². The fraction of sp³-hybridized carbons (Fsp3) is 0.0625. The van der Waals surface area contributed by atoms with E-state index in [1.165, 1.54) is 19.4 Å². The SMILES string of the molecule is COc1ccc2c(C#N)cc(-c3ncc(C(=O)O)s3)cc2c1F. The first-order valence-corrected chi connectivity index (χ1v) is 7.26. The molecular formula is C16H9FN2O3S. The number of carboxylic acid groups (broad SMARTS) is 1. The standard InChI is InChI=1S/C16H9FN2O3S/c1-22-12-3-2-10-9(6-18)4-8(5-11(10)14(12)17)15-19-7-13(23-15)16(20)21/h2-5,7H,1H3,(H,20,21). The summed E-state index contributed by atoms with van der Waals surface area (Å²) in [6.07, 6.45) is 1.24. The predicted octanol–water partition coefficient (Wildman–Crippen LogP) is 3.68. The summed E-state index contributed by atoms with van der Waals surface area (Å²) >= 11 is 0.964. The third-order valence-corrected chi connectivity index (χ3v) is 4.37. The van der Waals surface area contributed by atoms with Crippen LogP contribution in [-0.2, 0) is 0 Å². The van der Waals surface area contributed by atoms with Crippen molar-refractivity contribution in [3.8, 4) is 22.4 Å². The van der Waals surface area contributed by atoms with E-state index in [0.717, 1.165) is 11.3 Å². The third-order valence-electron chi connectivity index (χ3n) is 3.34. The second-order valence-electron chi connectivity index (χ2n) is 4.65. The maximum atomic E-state index is 14.5. The van der Waals surface area contributed by atoms with Gasteiger partial charge < -0.3 is 9.84 Å². The number of fused-ring (bicyclic) bond motifs is 1. The van der Waals surface area contributed by atoms with Crippen molar-refractivity contribution >= 4 is 28.1 Å². The molecule has 2 aromatic carbocycles. The van der Waals surface area contributed by atoms with E-state index >= 15 is 0 Å². The number of nitrogens with zero attached hydrogens (tertiary/aromatic N) is 2. The van der Waals surface area contributed by atoms with Crippen LogP contribution in [0.3, 0.4) is 0 Å². The number of hydrogen-bond acceptors (Lipinski definition) is 5. The first-order valence-electron chi connectivity index (χ1n) is 6.45. The molecule has 114 valence electrons. The van der Waals surface area contributed by atoms with Gasteiger partial charge in [-0.2, -0.15) is 5.26 Å². The Morgan fingerprint density at radius 2 is 2.17 bits per heavy atom. The van der Waals surface area contributed by atoms with Crippen molar-refractivity contribution < 1.29 is 19.0 Å². The van der Waals surface area contributed by atoms with Gasteiger partial charge in [0.1, 0.15) is 9.88 Å². The Hall–Kier alpha value is -2.98. The first-order chi connectivity index (χ1) is 11.0. The minimum Gasteiger partial charge on any atom is -0.494 e. The fourth-order valence-corrected chi connectivity index (χ4v) is 3.00. The highest BCUT2D eigenvalue weighted by atomic mass is 32.1. The number of benzene rings is 2. The minimum absolute atomic E-state index is 0.0731. The van der Waals surface area contributed by atoms with Gasteiger partial charge in [0.2, 0.25) is 0 Å². The molecule has 7 heteroatoms. The number of carbonyl (C=O) groups is 1. The quantitative estimate of drug-likeness (QED) is 0.793. The number of ether oxygens (including phenoxy) is 1. The van der Waals surface area contributed by atoms with Crippen molar-refractivity contribution in [2.45, 2.75) is 0 Å². The van der Waals surface area contributed by atoms with Crippen molar-refractivity contribution in [2.75, 3.05) is 7.11 Å². The number of halogens is 1. The van der Waals surface area contributed by atoms with E-state index in [1.807, 2.05) is 6.07 Å². The molecule has 0 unspecified atom stereocenters. The van der Waals surface area contributed by atoms with Gasteiger partial charge in [0, 0.05) is 16.3 Å². The molecule has 23 heavy (non-hydrogen) atoms. The summed E-state index contributed by atoms with van der Waals surface area (Å²) < 4.78 is 19.4. The first kappa shape index (κ1) is 14.9. The summed E-state index contributed by atoms with van der Waals surface area (Å²) in [6, 6.07) is 8.21. The van der Waals surface area contributed by atoms with Gasteiger partial charge in [-0.15, -0.1) is 11.3 Å². The van der Waals surface area contributed by atoms with Crippen molar-refractivity contribution in [2.24, 2.45) is 0 Å².